The highest BCUT2D eigenvalue weighted by molar-refractivity contribution is 5.93. The summed E-state index contributed by atoms with van der Waals surface area (Å²) in [6, 6.07) is 6.75. The summed E-state index contributed by atoms with van der Waals surface area (Å²) in [4.78, 5) is 32.8. The van der Waals surface area contributed by atoms with E-state index in [2.05, 4.69) is 15.3 Å². The normalized spacial score (nSPS) is 20.0. The SMILES string of the molecule is Cc1cc(-c2cc(NC(=O)C3CC3)ncn2)ccc1OC1CCN(C(=O)CO)CC1(F)F. The second kappa shape index (κ2) is 8.78. The Kier molecular flexibility index (Phi) is 6.05. The van der Waals surface area contributed by atoms with E-state index in [9.17, 15) is 18.4 Å². The van der Waals surface area contributed by atoms with Gasteiger partial charge in [-0.1, -0.05) is 0 Å². The molecule has 2 amide bonds. The number of rotatable bonds is 6. The summed E-state index contributed by atoms with van der Waals surface area (Å²) >= 11 is 0. The van der Waals surface area contributed by atoms with Gasteiger partial charge in [0.1, 0.15) is 24.5 Å². The van der Waals surface area contributed by atoms with Crippen LogP contribution in [0.2, 0.25) is 0 Å². The van der Waals surface area contributed by atoms with E-state index >= 15 is 0 Å². The summed E-state index contributed by atoms with van der Waals surface area (Å²) < 4.78 is 34.7. The highest BCUT2D eigenvalue weighted by atomic mass is 19.3. The number of anilines is 1. The molecule has 1 aromatic carbocycles. The van der Waals surface area contributed by atoms with Crippen molar-refractivity contribution >= 4 is 17.6 Å². The van der Waals surface area contributed by atoms with Crippen LogP contribution >= 0.6 is 0 Å². The van der Waals surface area contributed by atoms with Crippen molar-refractivity contribution in [1.29, 1.82) is 0 Å². The number of likely N-dealkylation sites (tertiary alicyclic amines) is 1. The van der Waals surface area contributed by atoms with E-state index in [4.69, 9.17) is 9.84 Å². The van der Waals surface area contributed by atoms with E-state index in [0.717, 1.165) is 23.3 Å². The van der Waals surface area contributed by atoms with Crippen molar-refractivity contribution in [2.24, 2.45) is 5.92 Å². The number of benzene rings is 1. The third-order valence-corrected chi connectivity index (χ3v) is 5.63. The molecule has 1 saturated carbocycles. The number of amides is 2. The fraction of sp³-hybridized carbons (Fsp3) is 0.455. The van der Waals surface area contributed by atoms with Gasteiger partial charge in [0.05, 0.1) is 12.2 Å². The molecule has 2 N–H and O–H groups in total. The van der Waals surface area contributed by atoms with Crippen LogP contribution in [0.15, 0.2) is 30.6 Å². The molecule has 0 bridgehead atoms. The highest BCUT2D eigenvalue weighted by Crippen LogP contribution is 2.34. The molecule has 2 heterocycles. The molecule has 170 valence electrons. The summed E-state index contributed by atoms with van der Waals surface area (Å²) in [5.74, 6) is -3.23. The van der Waals surface area contributed by atoms with E-state index in [0.29, 0.717) is 22.8 Å². The number of carbonyl (C=O) groups excluding carboxylic acids is 2. The molecule has 1 unspecified atom stereocenters. The maximum atomic E-state index is 14.5. The quantitative estimate of drug-likeness (QED) is 0.706. The van der Waals surface area contributed by atoms with Gasteiger partial charge in [0.2, 0.25) is 11.8 Å². The Morgan fingerprint density at radius 3 is 2.69 bits per heavy atom. The summed E-state index contributed by atoms with van der Waals surface area (Å²) in [5.41, 5.74) is 1.96. The molecule has 1 aliphatic carbocycles. The van der Waals surface area contributed by atoms with Crippen LogP contribution in [0, 0.1) is 12.8 Å². The molecule has 2 aliphatic rings. The average molecular weight is 446 g/mol. The Labute approximate surface area is 183 Å². The number of hydrogen-bond acceptors (Lipinski definition) is 6. The Bertz CT molecular complexity index is 1030. The predicted octanol–water partition coefficient (Wildman–Crippen LogP) is 2.41. The maximum absolute atomic E-state index is 14.5. The lowest BCUT2D eigenvalue weighted by Gasteiger charge is -2.38. The molecule has 0 radical (unpaired) electrons. The number of nitrogens with one attached hydrogen (secondary N) is 1. The van der Waals surface area contributed by atoms with E-state index in [1.807, 2.05) is 0 Å². The minimum absolute atomic E-state index is 0.0457. The number of nitrogens with zero attached hydrogens (tertiary/aromatic N) is 3. The van der Waals surface area contributed by atoms with Crippen LogP contribution in [0.4, 0.5) is 14.6 Å². The first-order chi connectivity index (χ1) is 15.3. The lowest BCUT2D eigenvalue weighted by atomic mass is 10.0. The van der Waals surface area contributed by atoms with Crippen molar-refractivity contribution in [3.05, 3.63) is 36.2 Å². The largest absolute Gasteiger partial charge is 0.484 e. The van der Waals surface area contributed by atoms with Gasteiger partial charge >= 0.3 is 5.92 Å². The zero-order chi connectivity index (χ0) is 22.9. The van der Waals surface area contributed by atoms with Crippen molar-refractivity contribution in [2.45, 2.75) is 38.2 Å². The molecule has 1 saturated heterocycles. The van der Waals surface area contributed by atoms with Crippen LogP contribution in [-0.4, -0.2) is 63.5 Å². The van der Waals surface area contributed by atoms with E-state index < -0.39 is 31.1 Å². The number of alkyl halides is 2. The first kappa shape index (κ1) is 22.1. The first-order valence-electron chi connectivity index (χ1n) is 10.4. The molecule has 1 aromatic heterocycles. The van der Waals surface area contributed by atoms with Crippen LogP contribution in [0.3, 0.4) is 0 Å². The fourth-order valence-electron chi connectivity index (χ4n) is 3.63. The Hall–Kier alpha value is -3.14. The van der Waals surface area contributed by atoms with Crippen LogP contribution in [0.5, 0.6) is 5.75 Å². The number of halogens is 2. The monoisotopic (exact) mass is 446 g/mol. The third kappa shape index (κ3) is 4.85. The topological polar surface area (TPSA) is 105 Å². The fourth-order valence-corrected chi connectivity index (χ4v) is 3.63. The van der Waals surface area contributed by atoms with Gasteiger partial charge in [0.15, 0.2) is 6.10 Å². The van der Waals surface area contributed by atoms with Crippen molar-refractivity contribution in [3.63, 3.8) is 0 Å². The molecule has 0 spiro atoms. The summed E-state index contributed by atoms with van der Waals surface area (Å²) in [6.45, 7) is 0.257. The molecular formula is C22H24F2N4O4. The maximum Gasteiger partial charge on any atom is 0.301 e. The van der Waals surface area contributed by atoms with Gasteiger partial charge in [-0.05, 0) is 43.5 Å². The van der Waals surface area contributed by atoms with E-state index in [-0.39, 0.29) is 24.8 Å². The standard InChI is InChI=1S/C22H24F2N4O4/c1-13-8-15(16-9-19(26-12-25-16)27-21(31)14-2-3-14)4-5-17(13)32-18-6-7-28(20(30)10-29)11-22(18,23)24/h4-5,8-9,12,14,18,29H,2-3,6-7,10-11H2,1H3,(H,25,26,27,31). The van der Waals surface area contributed by atoms with Gasteiger partial charge in [0, 0.05) is 30.5 Å². The molecule has 1 atom stereocenters. The molecule has 8 nitrogen and oxygen atoms in total. The zero-order valence-electron chi connectivity index (χ0n) is 17.6. The van der Waals surface area contributed by atoms with Crippen LogP contribution < -0.4 is 10.1 Å². The van der Waals surface area contributed by atoms with Crippen LogP contribution in [0.1, 0.15) is 24.8 Å². The van der Waals surface area contributed by atoms with Gasteiger partial charge in [-0.25, -0.2) is 18.7 Å². The van der Waals surface area contributed by atoms with Gasteiger partial charge in [0.25, 0.3) is 0 Å². The number of hydrogen-bond donors (Lipinski definition) is 2. The smallest absolute Gasteiger partial charge is 0.301 e. The van der Waals surface area contributed by atoms with Gasteiger partial charge in [-0.15, -0.1) is 0 Å². The number of aromatic nitrogens is 2. The number of ether oxygens (including phenoxy) is 1. The lowest BCUT2D eigenvalue weighted by molar-refractivity contribution is -0.161. The van der Waals surface area contributed by atoms with Crippen molar-refractivity contribution < 1.29 is 28.2 Å². The van der Waals surface area contributed by atoms with Crippen LogP contribution in [-0.2, 0) is 9.59 Å². The molecule has 1 aliphatic heterocycles. The molecule has 2 aromatic rings. The lowest BCUT2D eigenvalue weighted by Crippen LogP contribution is -2.55. The Morgan fingerprint density at radius 2 is 2.03 bits per heavy atom. The molecule has 10 heteroatoms. The summed E-state index contributed by atoms with van der Waals surface area (Å²) in [7, 11) is 0. The highest BCUT2D eigenvalue weighted by Gasteiger charge is 2.47. The van der Waals surface area contributed by atoms with E-state index in [1.54, 1.807) is 31.2 Å². The summed E-state index contributed by atoms with van der Waals surface area (Å²) in [6.07, 6.45) is 1.72. The minimum Gasteiger partial charge on any atom is -0.484 e. The molecule has 32 heavy (non-hydrogen) atoms. The Morgan fingerprint density at radius 1 is 1.25 bits per heavy atom. The third-order valence-electron chi connectivity index (χ3n) is 5.63. The van der Waals surface area contributed by atoms with Crippen LogP contribution in [0.25, 0.3) is 11.3 Å². The number of piperidine rings is 1. The van der Waals surface area contributed by atoms with Gasteiger partial charge in [-0.3, -0.25) is 9.59 Å². The number of carbonyl (C=O) groups is 2. The summed E-state index contributed by atoms with van der Waals surface area (Å²) in [5, 5.41) is 11.7. The van der Waals surface area contributed by atoms with Crippen molar-refractivity contribution in [2.75, 3.05) is 25.0 Å². The molecule has 2 fully saturated rings. The van der Waals surface area contributed by atoms with E-state index in [1.165, 1.54) is 6.33 Å². The number of aryl methyl sites for hydroxylation is 1. The van der Waals surface area contributed by atoms with Gasteiger partial charge in [-0.2, -0.15) is 0 Å². The molecular weight excluding hydrogens is 422 g/mol. The van der Waals surface area contributed by atoms with Crippen molar-refractivity contribution in [1.82, 2.24) is 14.9 Å². The first-order valence-corrected chi connectivity index (χ1v) is 10.4. The molecule has 4 rings (SSSR count). The zero-order valence-corrected chi connectivity index (χ0v) is 17.6. The second-order valence-corrected chi connectivity index (χ2v) is 8.16. The minimum atomic E-state index is -3.24. The van der Waals surface area contributed by atoms with Gasteiger partial charge < -0.3 is 20.1 Å². The second-order valence-electron chi connectivity index (χ2n) is 8.16. The predicted molar refractivity (Wildman–Crippen MR) is 111 cm³/mol. The Balaban J connectivity index is 1.46. The van der Waals surface area contributed by atoms with Crippen molar-refractivity contribution in [3.8, 4) is 17.0 Å². The average Bonchev–Trinajstić information content (AvgIpc) is 3.61. The number of aliphatic hydroxyl groups excluding tert-OH is 1. The number of aliphatic hydroxyl groups is 1.